The number of alkyl halides is 4. The van der Waals surface area contributed by atoms with Crippen LogP contribution in [0.25, 0.3) is 22.3 Å². The Morgan fingerprint density at radius 2 is 1.54 bits per heavy atom. The molecule has 1 aliphatic heterocycles. The van der Waals surface area contributed by atoms with Crippen LogP contribution in [0.3, 0.4) is 0 Å². The van der Waals surface area contributed by atoms with Crippen molar-refractivity contribution in [3.8, 4) is 17.3 Å². The van der Waals surface area contributed by atoms with E-state index in [0.29, 0.717) is 35.1 Å². The first-order valence-electron chi connectivity index (χ1n) is 14.9. The van der Waals surface area contributed by atoms with E-state index in [2.05, 4.69) is 26.1 Å². The number of aromatic nitrogens is 5. The van der Waals surface area contributed by atoms with Gasteiger partial charge in [-0.1, -0.05) is 11.6 Å². The van der Waals surface area contributed by atoms with Crippen LogP contribution in [0.4, 0.5) is 40.8 Å². The molecule has 1 saturated heterocycles. The number of hydrogen-bond donors (Lipinski definition) is 3. The third-order valence-corrected chi connectivity index (χ3v) is 8.07. The van der Waals surface area contributed by atoms with E-state index >= 15 is 0 Å². The van der Waals surface area contributed by atoms with Crippen LogP contribution >= 0.6 is 11.6 Å². The molecule has 11 nitrogen and oxygen atoms in total. The fourth-order valence-corrected chi connectivity index (χ4v) is 5.46. The van der Waals surface area contributed by atoms with Crippen molar-refractivity contribution < 1.29 is 44.7 Å². The van der Waals surface area contributed by atoms with Gasteiger partial charge in [0.15, 0.2) is 0 Å². The average molecular weight is 754 g/mol. The van der Waals surface area contributed by atoms with E-state index in [4.69, 9.17) is 11.6 Å². The summed E-state index contributed by atoms with van der Waals surface area (Å²) in [5, 5.41) is 17.8. The van der Waals surface area contributed by atoms with Crippen molar-refractivity contribution >= 4 is 40.1 Å². The summed E-state index contributed by atoms with van der Waals surface area (Å²) >= 11 is 5.25. The number of anilines is 1. The van der Waals surface area contributed by atoms with Crippen molar-refractivity contribution in [3.05, 3.63) is 94.7 Å². The lowest BCUT2D eigenvalue weighted by Gasteiger charge is -2.50. The van der Waals surface area contributed by atoms with Gasteiger partial charge in [-0.2, -0.15) is 10.4 Å². The normalized spacial score (nSPS) is 13.4. The molecule has 0 aliphatic carbocycles. The molecule has 0 radical (unpaired) electrons. The molecule has 6 rings (SSSR count). The molecule has 1 fully saturated rings. The molecule has 272 valence electrons. The van der Waals surface area contributed by atoms with Gasteiger partial charge in [0.1, 0.15) is 40.8 Å². The Bertz CT molecular complexity index is 2150. The van der Waals surface area contributed by atoms with Crippen molar-refractivity contribution in [1.29, 1.82) is 5.26 Å². The number of nitriles is 1. The van der Waals surface area contributed by atoms with Gasteiger partial charge in [-0.3, -0.25) is 14.3 Å². The van der Waals surface area contributed by atoms with Crippen molar-refractivity contribution in [2.75, 3.05) is 31.1 Å². The Labute approximate surface area is 293 Å². The maximum Gasteiger partial charge on any atom is 0.255 e. The number of nitrogens with one attached hydrogen (secondary N) is 3. The summed E-state index contributed by atoms with van der Waals surface area (Å²) in [5.41, 5.74) is -0.213. The lowest BCUT2D eigenvalue weighted by Crippen LogP contribution is -2.63. The minimum atomic E-state index is -2.82. The van der Waals surface area contributed by atoms with Crippen LogP contribution in [-0.2, 0) is 5.54 Å². The summed E-state index contributed by atoms with van der Waals surface area (Å²) in [5.74, 6) is -6.25. The number of amides is 2. The number of carbonyl (C=O) groups excluding carboxylic acids is 2. The second kappa shape index (κ2) is 15.6. The highest BCUT2D eigenvalue weighted by Gasteiger charge is 2.46. The highest BCUT2D eigenvalue weighted by Crippen LogP contribution is 2.38. The van der Waals surface area contributed by atoms with Crippen molar-refractivity contribution in [3.63, 3.8) is 0 Å². The van der Waals surface area contributed by atoms with E-state index in [1.807, 2.05) is 11.4 Å². The van der Waals surface area contributed by atoms with Gasteiger partial charge in [0, 0.05) is 42.5 Å². The molecule has 2 aromatic carbocycles. The standard InChI is InChI=1S/C23H18F4N8O.C9H6ClF4NO/c24-16-6-18(17(25)5-15(16)22(36)30-8-19(26)27)34-10-23(11-34,2-3-28)35-9-13(7-33-35)20-14-1-4-29-21(14)32-12-31-20;10-5-2-6(11)4(1-7(5)12)9(16)15-3-8(13)14/h1,4-7,9,12,19H,2,8,10-11H2,(H,30,36)(H,29,31,32);1-2,8H,3H2,(H,15,16). The maximum absolute atomic E-state index is 14.8. The second-order valence-electron chi connectivity index (χ2n) is 11.3. The van der Waals surface area contributed by atoms with Gasteiger partial charge in [0.05, 0.1) is 59.3 Å². The van der Waals surface area contributed by atoms with E-state index in [0.717, 1.165) is 11.5 Å². The number of aromatic amines is 1. The quantitative estimate of drug-likeness (QED) is 0.120. The molecule has 0 atom stereocenters. The molecule has 0 spiro atoms. The highest BCUT2D eigenvalue weighted by atomic mass is 35.5. The Morgan fingerprint density at radius 3 is 2.15 bits per heavy atom. The molecule has 1 aliphatic rings. The van der Waals surface area contributed by atoms with Gasteiger partial charge < -0.3 is 20.5 Å². The first-order chi connectivity index (χ1) is 24.7. The van der Waals surface area contributed by atoms with Gasteiger partial charge >= 0.3 is 0 Å². The third kappa shape index (κ3) is 8.07. The van der Waals surface area contributed by atoms with Crippen molar-refractivity contribution in [2.45, 2.75) is 24.8 Å². The van der Waals surface area contributed by atoms with Crippen LogP contribution in [-0.4, -0.2) is 75.6 Å². The van der Waals surface area contributed by atoms with E-state index in [1.165, 1.54) is 11.2 Å². The molecule has 0 saturated carbocycles. The van der Waals surface area contributed by atoms with E-state index in [9.17, 15) is 50.0 Å². The Balaban J connectivity index is 0.000000275. The number of fused-ring (bicyclic) bond motifs is 1. The van der Waals surface area contributed by atoms with Crippen LogP contribution in [0.5, 0.6) is 0 Å². The summed E-state index contributed by atoms with van der Waals surface area (Å²) < 4.78 is 105. The minimum absolute atomic E-state index is 0.0617. The number of nitrogens with zero attached hydrogens (tertiary/aromatic N) is 6. The van der Waals surface area contributed by atoms with Crippen molar-refractivity contribution in [1.82, 2.24) is 35.4 Å². The zero-order valence-electron chi connectivity index (χ0n) is 26.3. The Hall–Kier alpha value is -5.77. The fourth-order valence-electron chi connectivity index (χ4n) is 5.31. The molecule has 0 bridgehead atoms. The first-order valence-corrected chi connectivity index (χ1v) is 15.3. The summed E-state index contributed by atoms with van der Waals surface area (Å²) in [6.45, 7) is -1.60. The summed E-state index contributed by atoms with van der Waals surface area (Å²) in [7, 11) is 0. The van der Waals surface area contributed by atoms with Gasteiger partial charge in [-0.25, -0.2) is 45.1 Å². The monoisotopic (exact) mass is 753 g/mol. The molecule has 3 N–H and O–H groups in total. The first kappa shape index (κ1) is 37.5. The molecule has 20 heteroatoms. The molecule has 3 aromatic heterocycles. The van der Waals surface area contributed by atoms with Gasteiger partial charge in [-0.05, 0) is 24.3 Å². The largest absolute Gasteiger partial charge is 0.364 e. The molecular weight excluding hydrogens is 730 g/mol. The summed E-state index contributed by atoms with van der Waals surface area (Å²) in [6.07, 6.45) is 1.02. The van der Waals surface area contributed by atoms with E-state index in [1.54, 1.807) is 28.6 Å². The lowest BCUT2D eigenvalue weighted by molar-refractivity contribution is 0.0883. The zero-order valence-corrected chi connectivity index (χ0v) is 27.0. The Morgan fingerprint density at radius 1 is 0.923 bits per heavy atom. The Kier molecular flexibility index (Phi) is 11.3. The predicted molar refractivity (Wildman–Crippen MR) is 170 cm³/mol. The van der Waals surface area contributed by atoms with Gasteiger partial charge in [0.25, 0.3) is 24.7 Å². The summed E-state index contributed by atoms with van der Waals surface area (Å²) in [6, 6.07) is 6.66. The SMILES string of the molecule is N#CCC1(n2cc(-c3ncnc4[nH]ccc34)cn2)CN(c2cc(F)c(C(=O)NCC(F)F)cc2F)C1.O=C(NCC(F)F)c1cc(F)c(Cl)cc1F. The van der Waals surface area contributed by atoms with Crippen LogP contribution in [0, 0.1) is 34.6 Å². The molecule has 0 unspecified atom stereocenters. The number of hydrogen-bond acceptors (Lipinski definition) is 7. The van der Waals surface area contributed by atoms with Crippen LogP contribution in [0.15, 0.2) is 55.2 Å². The van der Waals surface area contributed by atoms with Crippen LogP contribution < -0.4 is 15.5 Å². The van der Waals surface area contributed by atoms with E-state index in [-0.39, 0.29) is 25.2 Å². The minimum Gasteiger partial charge on any atom is -0.364 e. The topological polar surface area (TPSA) is 145 Å². The molecule has 2 amide bonds. The molecular formula is C32H24ClF8N9O2. The number of halogens is 9. The van der Waals surface area contributed by atoms with Gasteiger partial charge in [-0.15, -0.1) is 0 Å². The van der Waals surface area contributed by atoms with E-state index < -0.39 is 82.7 Å². The number of benzene rings is 2. The molecule has 52 heavy (non-hydrogen) atoms. The molecule has 4 heterocycles. The average Bonchev–Trinajstić information content (AvgIpc) is 3.78. The summed E-state index contributed by atoms with van der Waals surface area (Å²) in [4.78, 5) is 36.1. The number of H-pyrrole nitrogens is 1. The van der Waals surface area contributed by atoms with Crippen molar-refractivity contribution in [2.24, 2.45) is 0 Å². The second-order valence-corrected chi connectivity index (χ2v) is 11.7. The third-order valence-electron chi connectivity index (χ3n) is 7.78. The predicted octanol–water partition coefficient (Wildman–Crippen LogP) is 5.84. The smallest absolute Gasteiger partial charge is 0.255 e. The fraction of sp³-hybridized carbons (Fsp3) is 0.250. The number of rotatable bonds is 10. The number of carbonyl (C=O) groups is 2. The zero-order chi connectivity index (χ0) is 37.7. The van der Waals surface area contributed by atoms with Crippen LogP contribution in [0.1, 0.15) is 27.1 Å². The van der Waals surface area contributed by atoms with Gasteiger partial charge in [0.2, 0.25) is 0 Å². The maximum atomic E-state index is 14.8. The highest BCUT2D eigenvalue weighted by molar-refractivity contribution is 6.30. The van der Waals surface area contributed by atoms with Crippen LogP contribution in [0.2, 0.25) is 5.02 Å². The molecule has 5 aromatic rings. The lowest BCUT2D eigenvalue weighted by atomic mass is 9.86.